The number of hydrogen-bond donors (Lipinski definition) is 0. The number of rotatable bonds is 6. The molecule has 0 aromatic carbocycles. The van der Waals surface area contributed by atoms with E-state index >= 15 is 0 Å². The van der Waals surface area contributed by atoms with Gasteiger partial charge in [-0.15, -0.1) is 5.10 Å². The summed E-state index contributed by atoms with van der Waals surface area (Å²) in [4.78, 5) is 21.5. The Balaban J connectivity index is 1.34. The van der Waals surface area contributed by atoms with Gasteiger partial charge in [0.05, 0.1) is 12.2 Å². The second-order valence-electron chi connectivity index (χ2n) is 7.88. The minimum atomic E-state index is 0.232. The maximum atomic E-state index is 12.5. The summed E-state index contributed by atoms with van der Waals surface area (Å²) < 4.78 is 1.79. The van der Waals surface area contributed by atoms with E-state index in [9.17, 15) is 4.79 Å². The molecule has 0 bridgehead atoms. The molecule has 1 amide bonds. The van der Waals surface area contributed by atoms with Crippen molar-refractivity contribution in [3.63, 3.8) is 0 Å². The fourth-order valence-corrected chi connectivity index (χ4v) is 4.51. The van der Waals surface area contributed by atoms with Gasteiger partial charge >= 0.3 is 0 Å². The van der Waals surface area contributed by atoms with Crippen molar-refractivity contribution >= 4 is 5.91 Å². The molecule has 4 rings (SSSR count). The number of carbonyl (C=O) groups excluding carboxylic acids is 1. The lowest BCUT2D eigenvalue weighted by atomic mass is 9.73. The zero-order valence-corrected chi connectivity index (χ0v) is 15.7. The van der Waals surface area contributed by atoms with E-state index in [1.165, 1.54) is 12.8 Å². The summed E-state index contributed by atoms with van der Waals surface area (Å²) in [6.45, 7) is 5.60. The van der Waals surface area contributed by atoms with Gasteiger partial charge in [0.25, 0.3) is 0 Å². The van der Waals surface area contributed by atoms with Gasteiger partial charge < -0.3 is 9.80 Å². The van der Waals surface area contributed by atoms with Crippen molar-refractivity contribution in [2.75, 3.05) is 26.2 Å². The number of carbonyl (C=O) groups is 1. The molecular formula is C19H27N7O. The number of aryl methyl sites for hydroxylation is 1. The first-order valence-corrected chi connectivity index (χ1v) is 9.83. The van der Waals surface area contributed by atoms with Crippen LogP contribution in [-0.4, -0.2) is 67.1 Å². The Kier molecular flexibility index (Phi) is 5.42. The number of amides is 1. The van der Waals surface area contributed by atoms with Crippen molar-refractivity contribution in [1.29, 1.82) is 0 Å². The van der Waals surface area contributed by atoms with E-state index < -0.39 is 0 Å². The van der Waals surface area contributed by atoms with Crippen LogP contribution in [0.25, 0.3) is 0 Å². The number of aromatic nitrogens is 5. The molecule has 1 atom stereocenters. The van der Waals surface area contributed by atoms with Gasteiger partial charge in [-0.1, -0.05) is 6.07 Å². The molecule has 8 nitrogen and oxygen atoms in total. The van der Waals surface area contributed by atoms with Gasteiger partial charge in [0.15, 0.2) is 0 Å². The third-order valence-corrected chi connectivity index (χ3v) is 5.82. The molecular weight excluding hydrogens is 342 g/mol. The summed E-state index contributed by atoms with van der Waals surface area (Å²) in [5.74, 6) is 0.266. The lowest BCUT2D eigenvalue weighted by Gasteiger charge is -2.48. The molecule has 2 fully saturated rings. The Morgan fingerprint density at radius 3 is 2.93 bits per heavy atom. The van der Waals surface area contributed by atoms with E-state index in [1.807, 2.05) is 23.1 Å². The quantitative estimate of drug-likeness (QED) is 0.765. The average Bonchev–Trinajstić information content (AvgIpc) is 3.20. The van der Waals surface area contributed by atoms with Crippen LogP contribution in [0.1, 0.15) is 37.8 Å². The van der Waals surface area contributed by atoms with Crippen LogP contribution < -0.4 is 0 Å². The minimum absolute atomic E-state index is 0.232. The fourth-order valence-electron chi connectivity index (χ4n) is 4.51. The van der Waals surface area contributed by atoms with Crippen molar-refractivity contribution < 1.29 is 4.79 Å². The molecule has 27 heavy (non-hydrogen) atoms. The fraction of sp³-hybridized carbons (Fsp3) is 0.632. The van der Waals surface area contributed by atoms with Crippen LogP contribution in [0.5, 0.6) is 0 Å². The molecule has 2 aromatic rings. The Morgan fingerprint density at radius 1 is 1.15 bits per heavy atom. The molecule has 0 aliphatic carbocycles. The maximum absolute atomic E-state index is 12.5. The van der Waals surface area contributed by atoms with Crippen molar-refractivity contribution in [3.05, 3.63) is 36.4 Å². The zero-order chi connectivity index (χ0) is 18.5. The molecule has 0 saturated carbocycles. The summed E-state index contributed by atoms with van der Waals surface area (Å²) in [6.07, 6.45) is 8.59. The van der Waals surface area contributed by atoms with E-state index in [2.05, 4.69) is 25.4 Å². The standard InChI is InChI=1S/C19H27N7O/c27-18-6-8-19(15-25(18)13-17-5-1-2-9-20-17)7-3-10-24(14-19)11-4-12-26-16-21-22-23-26/h1-2,5,9,16H,3-4,6-8,10-15H2/t19-/m0/s1. The third-order valence-electron chi connectivity index (χ3n) is 5.82. The second-order valence-corrected chi connectivity index (χ2v) is 7.88. The average molecular weight is 369 g/mol. The molecule has 144 valence electrons. The highest BCUT2D eigenvalue weighted by Gasteiger charge is 2.41. The van der Waals surface area contributed by atoms with Crippen LogP contribution in [0.2, 0.25) is 0 Å². The molecule has 2 aliphatic rings. The van der Waals surface area contributed by atoms with Crippen molar-refractivity contribution in [2.24, 2.45) is 5.41 Å². The lowest BCUT2D eigenvalue weighted by Crippen LogP contribution is -2.53. The maximum Gasteiger partial charge on any atom is 0.222 e. The third kappa shape index (κ3) is 4.50. The number of hydrogen-bond acceptors (Lipinski definition) is 6. The molecule has 8 heteroatoms. The largest absolute Gasteiger partial charge is 0.336 e. The SMILES string of the molecule is O=C1CC[C@]2(CCCN(CCCn3cnnn3)C2)CN1Cc1ccccn1. The van der Waals surface area contributed by atoms with Crippen LogP contribution in [0.4, 0.5) is 0 Å². The summed E-state index contributed by atoms with van der Waals surface area (Å²) in [6, 6.07) is 5.90. The van der Waals surface area contributed by atoms with Gasteiger partial charge in [-0.25, -0.2) is 4.68 Å². The van der Waals surface area contributed by atoms with Gasteiger partial charge in [-0.2, -0.15) is 0 Å². The summed E-state index contributed by atoms with van der Waals surface area (Å²) in [5.41, 5.74) is 1.20. The Bertz CT molecular complexity index is 736. The van der Waals surface area contributed by atoms with Gasteiger partial charge in [-0.05, 0) is 61.3 Å². The molecule has 2 aliphatic heterocycles. The van der Waals surface area contributed by atoms with Gasteiger partial charge in [0.1, 0.15) is 6.33 Å². The Morgan fingerprint density at radius 2 is 2.11 bits per heavy atom. The number of tetrazole rings is 1. The van der Waals surface area contributed by atoms with E-state index in [-0.39, 0.29) is 11.3 Å². The number of likely N-dealkylation sites (tertiary alicyclic amines) is 2. The van der Waals surface area contributed by atoms with Crippen molar-refractivity contribution in [2.45, 2.75) is 45.2 Å². The van der Waals surface area contributed by atoms with Crippen LogP contribution in [0.15, 0.2) is 30.7 Å². The molecule has 0 N–H and O–H groups in total. The summed E-state index contributed by atoms with van der Waals surface area (Å²) in [7, 11) is 0. The molecule has 1 spiro atoms. The predicted molar refractivity (Wildman–Crippen MR) is 99.4 cm³/mol. The highest BCUT2D eigenvalue weighted by molar-refractivity contribution is 5.77. The smallest absolute Gasteiger partial charge is 0.222 e. The van der Waals surface area contributed by atoms with Gasteiger partial charge in [-0.3, -0.25) is 9.78 Å². The summed E-state index contributed by atoms with van der Waals surface area (Å²) in [5, 5.41) is 11.3. The van der Waals surface area contributed by atoms with Crippen LogP contribution in [-0.2, 0) is 17.9 Å². The van der Waals surface area contributed by atoms with Crippen LogP contribution in [0.3, 0.4) is 0 Å². The zero-order valence-electron chi connectivity index (χ0n) is 15.7. The molecule has 2 aromatic heterocycles. The highest BCUT2D eigenvalue weighted by Crippen LogP contribution is 2.39. The monoisotopic (exact) mass is 369 g/mol. The Hall–Kier alpha value is -2.35. The second kappa shape index (κ2) is 8.12. The molecule has 0 unspecified atom stereocenters. The van der Waals surface area contributed by atoms with Crippen molar-refractivity contribution in [1.82, 2.24) is 35.0 Å². The van der Waals surface area contributed by atoms with E-state index in [4.69, 9.17) is 0 Å². The van der Waals surface area contributed by atoms with Crippen molar-refractivity contribution in [3.8, 4) is 0 Å². The minimum Gasteiger partial charge on any atom is -0.336 e. The number of pyridine rings is 1. The van der Waals surface area contributed by atoms with E-state index in [0.29, 0.717) is 13.0 Å². The first-order valence-electron chi connectivity index (χ1n) is 9.83. The summed E-state index contributed by atoms with van der Waals surface area (Å²) >= 11 is 0. The first kappa shape index (κ1) is 18.0. The normalized spacial score (nSPS) is 23.9. The van der Waals surface area contributed by atoms with Crippen LogP contribution >= 0.6 is 0 Å². The number of nitrogens with zero attached hydrogens (tertiary/aromatic N) is 7. The number of piperidine rings is 2. The van der Waals surface area contributed by atoms with Gasteiger partial charge in [0, 0.05) is 37.7 Å². The Labute approximate surface area is 159 Å². The molecule has 2 saturated heterocycles. The topological polar surface area (TPSA) is 80.0 Å². The molecule has 4 heterocycles. The molecule has 0 radical (unpaired) electrons. The lowest BCUT2D eigenvalue weighted by molar-refractivity contribution is -0.140. The highest BCUT2D eigenvalue weighted by atomic mass is 16.2. The van der Waals surface area contributed by atoms with E-state index in [0.717, 1.165) is 51.3 Å². The predicted octanol–water partition coefficient (Wildman–Crippen LogP) is 1.36. The van der Waals surface area contributed by atoms with Gasteiger partial charge in [0.2, 0.25) is 5.91 Å². The first-order chi connectivity index (χ1) is 13.2. The van der Waals surface area contributed by atoms with Crippen LogP contribution in [0, 0.1) is 5.41 Å². The van der Waals surface area contributed by atoms with E-state index in [1.54, 1.807) is 17.2 Å².